The van der Waals surface area contributed by atoms with Crippen LogP contribution >= 0.6 is 0 Å². The Labute approximate surface area is 91.7 Å². The van der Waals surface area contributed by atoms with Crippen LogP contribution in [0.1, 0.15) is 43.4 Å². The van der Waals surface area contributed by atoms with E-state index in [9.17, 15) is 0 Å². The Balaban J connectivity index is 2.32. The summed E-state index contributed by atoms with van der Waals surface area (Å²) in [6.45, 7) is 8.50. The van der Waals surface area contributed by atoms with Gasteiger partial charge in [-0.3, -0.25) is 0 Å². The number of hydrogen-bond donors (Lipinski definition) is 1. The Kier molecular flexibility index (Phi) is 2.83. The third-order valence-electron chi connectivity index (χ3n) is 3.45. The van der Waals surface area contributed by atoms with Crippen LogP contribution in [0, 0.1) is 12.8 Å². The third-order valence-corrected chi connectivity index (χ3v) is 3.45. The van der Waals surface area contributed by atoms with Crippen LogP contribution in [0.5, 0.6) is 0 Å². The first-order valence-corrected chi connectivity index (χ1v) is 5.89. The summed E-state index contributed by atoms with van der Waals surface area (Å²) >= 11 is 0. The molecule has 15 heavy (non-hydrogen) atoms. The highest BCUT2D eigenvalue weighted by atomic mass is 15.1. The van der Waals surface area contributed by atoms with Gasteiger partial charge >= 0.3 is 0 Å². The molecule has 3 heteroatoms. The van der Waals surface area contributed by atoms with Crippen molar-refractivity contribution in [2.75, 3.05) is 6.54 Å². The van der Waals surface area contributed by atoms with Gasteiger partial charge in [-0.25, -0.2) is 4.98 Å². The molecule has 3 nitrogen and oxygen atoms in total. The molecular weight excluding hydrogens is 186 g/mol. The van der Waals surface area contributed by atoms with E-state index in [0.717, 1.165) is 19.5 Å². The second-order valence-corrected chi connectivity index (χ2v) is 4.90. The van der Waals surface area contributed by atoms with Crippen molar-refractivity contribution in [3.05, 3.63) is 17.2 Å². The fourth-order valence-electron chi connectivity index (χ4n) is 2.48. The Morgan fingerprint density at radius 1 is 1.53 bits per heavy atom. The van der Waals surface area contributed by atoms with Crippen molar-refractivity contribution >= 4 is 0 Å². The zero-order chi connectivity index (χ0) is 11.0. The molecule has 0 spiro atoms. The average Bonchev–Trinajstić information content (AvgIpc) is 2.55. The van der Waals surface area contributed by atoms with Gasteiger partial charge in [-0.2, -0.15) is 0 Å². The molecule has 1 aromatic rings. The molecule has 0 bridgehead atoms. The quantitative estimate of drug-likeness (QED) is 0.804. The summed E-state index contributed by atoms with van der Waals surface area (Å²) in [4.78, 5) is 4.76. The fourth-order valence-corrected chi connectivity index (χ4v) is 2.48. The van der Waals surface area contributed by atoms with E-state index in [1.54, 1.807) is 0 Å². The molecule has 84 valence electrons. The van der Waals surface area contributed by atoms with Crippen molar-refractivity contribution in [2.24, 2.45) is 11.7 Å². The first-order valence-electron chi connectivity index (χ1n) is 5.89. The highest BCUT2D eigenvalue weighted by Gasteiger charge is 2.23. The first kappa shape index (κ1) is 10.7. The van der Waals surface area contributed by atoms with Gasteiger partial charge in [-0.15, -0.1) is 0 Å². The third kappa shape index (κ3) is 1.81. The highest BCUT2D eigenvalue weighted by Crippen LogP contribution is 2.26. The molecule has 1 aliphatic rings. The average molecular weight is 207 g/mol. The summed E-state index contributed by atoms with van der Waals surface area (Å²) in [5.41, 5.74) is 8.35. The van der Waals surface area contributed by atoms with Gasteiger partial charge in [-0.1, -0.05) is 13.8 Å². The maximum Gasteiger partial charge on any atom is 0.109 e. The van der Waals surface area contributed by atoms with E-state index < -0.39 is 0 Å². The van der Waals surface area contributed by atoms with Crippen LogP contribution in [0.2, 0.25) is 0 Å². The monoisotopic (exact) mass is 207 g/mol. The molecule has 2 rings (SSSR count). The summed E-state index contributed by atoms with van der Waals surface area (Å²) in [7, 11) is 0. The number of fused-ring (bicyclic) bond motifs is 1. The number of imidazole rings is 1. The molecule has 1 aromatic heterocycles. The van der Waals surface area contributed by atoms with Gasteiger partial charge in [0.05, 0.1) is 5.69 Å². The second-order valence-electron chi connectivity index (χ2n) is 4.90. The Morgan fingerprint density at radius 2 is 2.27 bits per heavy atom. The van der Waals surface area contributed by atoms with Crippen LogP contribution in [0.15, 0.2) is 0 Å². The smallest absolute Gasteiger partial charge is 0.109 e. The molecule has 2 N–H and O–H groups in total. The van der Waals surface area contributed by atoms with Crippen molar-refractivity contribution in [3.8, 4) is 0 Å². The summed E-state index contributed by atoms with van der Waals surface area (Å²) in [5, 5.41) is 0. The standard InChI is InChI=1S/C12H21N3/c1-8(2)12-9(3)15-5-4-10(7-13)6-11(15)14-12/h8,10H,4-7,13H2,1-3H3. The van der Waals surface area contributed by atoms with Gasteiger partial charge in [0, 0.05) is 18.7 Å². The molecule has 0 fully saturated rings. The Bertz CT molecular complexity index is 352. The molecule has 0 aromatic carbocycles. The van der Waals surface area contributed by atoms with Crippen LogP contribution in [0.3, 0.4) is 0 Å². The largest absolute Gasteiger partial charge is 0.332 e. The molecule has 1 aliphatic heterocycles. The van der Waals surface area contributed by atoms with Gasteiger partial charge < -0.3 is 10.3 Å². The van der Waals surface area contributed by atoms with Gasteiger partial charge in [0.25, 0.3) is 0 Å². The molecule has 0 amide bonds. The lowest BCUT2D eigenvalue weighted by molar-refractivity contribution is 0.386. The van der Waals surface area contributed by atoms with E-state index >= 15 is 0 Å². The normalized spacial score (nSPS) is 20.7. The van der Waals surface area contributed by atoms with E-state index in [1.165, 1.54) is 23.6 Å². The molecule has 1 unspecified atom stereocenters. The van der Waals surface area contributed by atoms with E-state index in [-0.39, 0.29) is 0 Å². The van der Waals surface area contributed by atoms with Crippen LogP contribution in [0.25, 0.3) is 0 Å². The van der Waals surface area contributed by atoms with Gasteiger partial charge in [0.15, 0.2) is 0 Å². The van der Waals surface area contributed by atoms with Crippen molar-refractivity contribution < 1.29 is 0 Å². The van der Waals surface area contributed by atoms with Crippen LogP contribution in [0.4, 0.5) is 0 Å². The molecule has 0 aliphatic carbocycles. The zero-order valence-corrected chi connectivity index (χ0v) is 9.95. The Morgan fingerprint density at radius 3 is 2.87 bits per heavy atom. The first-order chi connectivity index (χ1) is 7.13. The van der Waals surface area contributed by atoms with Gasteiger partial charge in [0.2, 0.25) is 0 Å². The van der Waals surface area contributed by atoms with Crippen molar-refractivity contribution in [2.45, 2.75) is 46.1 Å². The Hall–Kier alpha value is -0.830. The minimum atomic E-state index is 0.527. The number of nitrogens with zero attached hydrogens (tertiary/aromatic N) is 2. The number of hydrogen-bond acceptors (Lipinski definition) is 2. The summed E-state index contributed by atoms with van der Waals surface area (Å²) in [6, 6.07) is 0. The molecule has 0 saturated heterocycles. The lowest BCUT2D eigenvalue weighted by atomic mass is 9.98. The van der Waals surface area contributed by atoms with Gasteiger partial charge in [0.1, 0.15) is 5.82 Å². The molecule has 2 heterocycles. The molecular formula is C12H21N3. The van der Waals surface area contributed by atoms with Crippen molar-refractivity contribution in [1.82, 2.24) is 9.55 Å². The molecule has 0 saturated carbocycles. The van der Waals surface area contributed by atoms with Crippen LogP contribution < -0.4 is 5.73 Å². The predicted molar refractivity (Wildman–Crippen MR) is 61.9 cm³/mol. The zero-order valence-electron chi connectivity index (χ0n) is 9.95. The minimum absolute atomic E-state index is 0.527. The maximum atomic E-state index is 5.73. The van der Waals surface area contributed by atoms with Gasteiger partial charge in [-0.05, 0) is 31.7 Å². The van der Waals surface area contributed by atoms with E-state index in [2.05, 4.69) is 25.3 Å². The molecule has 1 atom stereocenters. The topological polar surface area (TPSA) is 43.8 Å². The SMILES string of the molecule is Cc1c(C(C)C)nc2n1CCC(CN)C2. The lowest BCUT2D eigenvalue weighted by Gasteiger charge is -2.22. The minimum Gasteiger partial charge on any atom is -0.332 e. The van der Waals surface area contributed by atoms with Crippen LogP contribution in [-0.2, 0) is 13.0 Å². The second kappa shape index (κ2) is 3.97. The lowest BCUT2D eigenvalue weighted by Crippen LogP contribution is -2.25. The van der Waals surface area contributed by atoms with E-state index in [1.807, 2.05) is 0 Å². The predicted octanol–water partition coefficient (Wildman–Crippen LogP) is 1.84. The maximum absolute atomic E-state index is 5.73. The molecule has 0 radical (unpaired) electrons. The van der Waals surface area contributed by atoms with Crippen molar-refractivity contribution in [3.63, 3.8) is 0 Å². The van der Waals surface area contributed by atoms with Crippen molar-refractivity contribution in [1.29, 1.82) is 0 Å². The summed E-state index contributed by atoms with van der Waals surface area (Å²) in [6.07, 6.45) is 2.27. The van der Waals surface area contributed by atoms with E-state index in [0.29, 0.717) is 11.8 Å². The van der Waals surface area contributed by atoms with E-state index in [4.69, 9.17) is 10.7 Å². The van der Waals surface area contributed by atoms with Crippen LogP contribution in [-0.4, -0.2) is 16.1 Å². The number of nitrogens with two attached hydrogens (primary N) is 1. The number of rotatable bonds is 2. The summed E-state index contributed by atoms with van der Waals surface area (Å²) < 4.78 is 2.38. The fraction of sp³-hybridized carbons (Fsp3) is 0.750. The highest BCUT2D eigenvalue weighted by molar-refractivity contribution is 5.20. The number of aromatic nitrogens is 2. The summed E-state index contributed by atoms with van der Waals surface area (Å²) in [5.74, 6) is 2.41.